The molecule has 2 aromatic heterocycles. The van der Waals surface area contributed by atoms with Crippen LogP contribution in [0.25, 0.3) is 17.1 Å². The zero-order valence-electron chi connectivity index (χ0n) is 11.7. The van der Waals surface area contributed by atoms with E-state index in [1.807, 2.05) is 42.7 Å². The monoisotopic (exact) mass is 298 g/mol. The van der Waals surface area contributed by atoms with Crippen LogP contribution in [0.1, 0.15) is 11.3 Å². The minimum Gasteiger partial charge on any atom is -0.320 e. The summed E-state index contributed by atoms with van der Waals surface area (Å²) < 4.78 is 2.31. The molecule has 0 atom stereocenters. The molecular formula is C15H14N4OS. The Bertz CT molecular complexity index is 920. The fourth-order valence-corrected chi connectivity index (χ4v) is 2.44. The lowest BCUT2D eigenvalue weighted by Gasteiger charge is -2.14. The third kappa shape index (κ3) is 2.45. The van der Waals surface area contributed by atoms with Crippen LogP contribution in [0, 0.1) is 18.6 Å². The molecule has 3 aromatic rings. The molecule has 3 rings (SSSR count). The summed E-state index contributed by atoms with van der Waals surface area (Å²) in [5, 5.41) is 5.53. The number of benzene rings is 1. The maximum absolute atomic E-state index is 12.2. The molecule has 106 valence electrons. The highest BCUT2D eigenvalue weighted by atomic mass is 32.1. The molecular weight excluding hydrogens is 284 g/mol. The second-order valence-corrected chi connectivity index (χ2v) is 5.25. The molecule has 0 aliphatic heterocycles. The first-order chi connectivity index (χ1) is 10.1. The molecule has 0 amide bonds. The van der Waals surface area contributed by atoms with E-state index in [0.29, 0.717) is 16.2 Å². The van der Waals surface area contributed by atoms with Crippen molar-refractivity contribution in [3.8, 4) is 17.1 Å². The quantitative estimate of drug-likeness (QED) is 0.715. The highest BCUT2D eigenvalue weighted by Gasteiger charge is 2.11. The molecule has 0 unspecified atom stereocenters. The summed E-state index contributed by atoms with van der Waals surface area (Å²) in [5.74, 6) is 0.451. The zero-order valence-corrected chi connectivity index (χ0v) is 12.5. The van der Waals surface area contributed by atoms with Gasteiger partial charge in [0.25, 0.3) is 0 Å². The van der Waals surface area contributed by atoms with Crippen molar-refractivity contribution in [2.75, 3.05) is 0 Å². The van der Waals surface area contributed by atoms with Crippen molar-refractivity contribution in [1.29, 1.82) is 0 Å². The van der Waals surface area contributed by atoms with Crippen LogP contribution < -0.4 is 5.43 Å². The lowest BCUT2D eigenvalue weighted by molar-refractivity contribution is 0.960. The molecule has 5 nitrogen and oxygen atoms in total. The minimum atomic E-state index is -0.0879. The Morgan fingerprint density at radius 2 is 1.95 bits per heavy atom. The van der Waals surface area contributed by atoms with Crippen molar-refractivity contribution in [3.05, 3.63) is 62.8 Å². The third-order valence-electron chi connectivity index (χ3n) is 3.37. The van der Waals surface area contributed by atoms with Crippen molar-refractivity contribution in [2.45, 2.75) is 13.8 Å². The number of nitrogens with one attached hydrogen (secondary N) is 2. The van der Waals surface area contributed by atoms with Crippen LogP contribution in [0.3, 0.4) is 0 Å². The first-order valence-electron chi connectivity index (χ1n) is 6.50. The number of aromatic nitrogens is 4. The summed E-state index contributed by atoms with van der Waals surface area (Å²) in [6, 6.07) is 9.62. The van der Waals surface area contributed by atoms with E-state index in [0.717, 1.165) is 16.9 Å². The number of aryl methyl sites for hydroxylation is 2. The fourth-order valence-electron chi connectivity index (χ4n) is 2.30. The Morgan fingerprint density at radius 1 is 1.19 bits per heavy atom. The minimum absolute atomic E-state index is 0.0879. The molecule has 0 bridgehead atoms. The van der Waals surface area contributed by atoms with Gasteiger partial charge in [-0.3, -0.25) is 15.0 Å². The van der Waals surface area contributed by atoms with E-state index in [1.54, 1.807) is 12.3 Å². The number of rotatable bonds is 2. The topological polar surface area (TPSA) is 66.5 Å². The molecule has 21 heavy (non-hydrogen) atoms. The number of aromatic amines is 2. The smallest absolute Gasteiger partial charge is 0.213 e. The molecule has 1 aromatic carbocycles. The highest BCUT2D eigenvalue weighted by molar-refractivity contribution is 7.71. The standard InChI is InChI=1S/C15H14N4OS/c1-9-5-3-4-6-12(9)19-8-11(13(20)7-10(19)2)14-16-15(21)18-17-14/h3-8H,1-2H3,(H2,16,17,18,21). The van der Waals surface area contributed by atoms with E-state index in [1.165, 1.54) is 0 Å². The Hall–Kier alpha value is -2.47. The van der Waals surface area contributed by atoms with Gasteiger partial charge in [0.2, 0.25) is 4.77 Å². The summed E-state index contributed by atoms with van der Waals surface area (Å²) >= 11 is 4.94. The molecule has 0 aliphatic rings. The molecule has 0 saturated heterocycles. The molecule has 0 spiro atoms. The summed E-state index contributed by atoms with van der Waals surface area (Å²) in [6.45, 7) is 3.94. The Balaban J connectivity index is 2.26. The van der Waals surface area contributed by atoms with Gasteiger partial charge in [0, 0.05) is 23.6 Å². The van der Waals surface area contributed by atoms with Crippen LogP contribution >= 0.6 is 12.2 Å². The van der Waals surface area contributed by atoms with Crippen LogP contribution in [-0.2, 0) is 0 Å². The Morgan fingerprint density at radius 3 is 2.62 bits per heavy atom. The van der Waals surface area contributed by atoms with Gasteiger partial charge in [-0.15, -0.1) is 0 Å². The van der Waals surface area contributed by atoms with Gasteiger partial charge >= 0.3 is 0 Å². The lowest BCUT2D eigenvalue weighted by Crippen LogP contribution is -2.12. The fraction of sp³-hybridized carbons (Fsp3) is 0.133. The van der Waals surface area contributed by atoms with Gasteiger partial charge in [-0.2, -0.15) is 4.98 Å². The molecule has 0 radical (unpaired) electrons. The summed E-state index contributed by atoms with van der Waals surface area (Å²) in [7, 11) is 0. The number of pyridine rings is 1. The van der Waals surface area contributed by atoms with Gasteiger partial charge in [0.15, 0.2) is 11.3 Å². The normalized spacial score (nSPS) is 10.8. The molecule has 0 aliphatic carbocycles. The van der Waals surface area contributed by atoms with Gasteiger partial charge in [-0.25, -0.2) is 0 Å². The van der Waals surface area contributed by atoms with Crippen molar-refractivity contribution >= 4 is 12.2 Å². The van der Waals surface area contributed by atoms with Crippen molar-refractivity contribution < 1.29 is 0 Å². The summed E-state index contributed by atoms with van der Waals surface area (Å²) in [5.41, 5.74) is 3.43. The van der Waals surface area contributed by atoms with Crippen LogP contribution in [-0.4, -0.2) is 19.7 Å². The molecule has 0 saturated carbocycles. The Labute approximate surface area is 126 Å². The number of H-pyrrole nitrogens is 2. The highest BCUT2D eigenvalue weighted by Crippen LogP contribution is 2.18. The van der Waals surface area contributed by atoms with E-state index in [-0.39, 0.29) is 5.43 Å². The van der Waals surface area contributed by atoms with Crippen LogP contribution in [0.15, 0.2) is 41.3 Å². The SMILES string of the molecule is Cc1ccccc1-n1cc(-c2nc(=S)[nH][nH]2)c(=O)cc1C. The van der Waals surface area contributed by atoms with Crippen LogP contribution in [0.5, 0.6) is 0 Å². The third-order valence-corrected chi connectivity index (χ3v) is 3.57. The average Bonchev–Trinajstić information content (AvgIpc) is 2.86. The van der Waals surface area contributed by atoms with E-state index >= 15 is 0 Å². The van der Waals surface area contributed by atoms with E-state index < -0.39 is 0 Å². The first-order valence-corrected chi connectivity index (χ1v) is 6.91. The van der Waals surface area contributed by atoms with Crippen LogP contribution in [0.2, 0.25) is 0 Å². The van der Waals surface area contributed by atoms with E-state index in [4.69, 9.17) is 12.2 Å². The predicted molar refractivity (Wildman–Crippen MR) is 84.3 cm³/mol. The van der Waals surface area contributed by atoms with E-state index in [2.05, 4.69) is 15.2 Å². The van der Waals surface area contributed by atoms with Gasteiger partial charge in [-0.05, 0) is 37.7 Å². The zero-order chi connectivity index (χ0) is 15.0. The second kappa shape index (κ2) is 5.14. The van der Waals surface area contributed by atoms with Crippen LogP contribution in [0.4, 0.5) is 0 Å². The number of hydrogen-bond acceptors (Lipinski definition) is 3. The molecule has 2 N–H and O–H groups in total. The number of hydrogen-bond donors (Lipinski definition) is 2. The summed E-state index contributed by atoms with van der Waals surface area (Å²) in [4.78, 5) is 16.3. The van der Waals surface area contributed by atoms with Gasteiger partial charge in [0.1, 0.15) is 0 Å². The average molecular weight is 298 g/mol. The molecule has 6 heteroatoms. The predicted octanol–water partition coefficient (Wildman–Crippen LogP) is 2.90. The molecule has 2 heterocycles. The van der Waals surface area contributed by atoms with E-state index in [9.17, 15) is 4.79 Å². The second-order valence-electron chi connectivity index (χ2n) is 4.86. The maximum Gasteiger partial charge on any atom is 0.213 e. The summed E-state index contributed by atoms with van der Waals surface area (Å²) in [6.07, 6.45) is 1.79. The van der Waals surface area contributed by atoms with Crippen molar-refractivity contribution in [1.82, 2.24) is 19.7 Å². The maximum atomic E-state index is 12.2. The van der Waals surface area contributed by atoms with Gasteiger partial charge in [-0.1, -0.05) is 18.2 Å². The Kier molecular flexibility index (Phi) is 3.31. The number of para-hydroxylation sites is 1. The van der Waals surface area contributed by atoms with Crippen molar-refractivity contribution in [3.63, 3.8) is 0 Å². The number of nitrogens with zero attached hydrogens (tertiary/aromatic N) is 2. The van der Waals surface area contributed by atoms with Crippen molar-refractivity contribution in [2.24, 2.45) is 0 Å². The van der Waals surface area contributed by atoms with Gasteiger partial charge < -0.3 is 4.57 Å². The van der Waals surface area contributed by atoms with Gasteiger partial charge in [0.05, 0.1) is 5.56 Å². The first kappa shape index (κ1) is 13.5. The largest absolute Gasteiger partial charge is 0.320 e. The molecule has 0 fully saturated rings. The lowest BCUT2D eigenvalue weighted by atomic mass is 10.1.